The van der Waals surface area contributed by atoms with Gasteiger partial charge in [-0.1, -0.05) is 6.07 Å². The maximum absolute atomic E-state index is 13.1. The van der Waals surface area contributed by atoms with Crippen molar-refractivity contribution in [3.05, 3.63) is 24.0 Å². The molecule has 0 aliphatic rings. The second kappa shape index (κ2) is 5.74. The zero-order valence-corrected chi connectivity index (χ0v) is 10.5. The molecule has 0 aromatic heterocycles. The van der Waals surface area contributed by atoms with E-state index in [4.69, 9.17) is 5.73 Å². The van der Waals surface area contributed by atoms with E-state index in [0.29, 0.717) is 0 Å². The van der Waals surface area contributed by atoms with Crippen molar-refractivity contribution in [1.29, 1.82) is 0 Å². The number of benzene rings is 1. The van der Waals surface area contributed by atoms with Crippen molar-refractivity contribution in [3.63, 3.8) is 0 Å². The number of nitrogen functional groups attached to an aromatic ring is 1. The van der Waals surface area contributed by atoms with Crippen molar-refractivity contribution in [2.45, 2.75) is 23.9 Å². The third-order valence-electron chi connectivity index (χ3n) is 2.23. The van der Waals surface area contributed by atoms with Gasteiger partial charge in [-0.25, -0.2) is 17.5 Å². The number of sulfonamides is 1. The molecule has 4 nitrogen and oxygen atoms in total. The third-order valence-corrected chi connectivity index (χ3v) is 3.75. The van der Waals surface area contributed by atoms with Crippen LogP contribution in [0.25, 0.3) is 0 Å². The fourth-order valence-corrected chi connectivity index (χ4v) is 2.54. The Morgan fingerprint density at radius 2 is 1.89 bits per heavy atom. The van der Waals surface area contributed by atoms with Crippen LogP contribution in [0.4, 0.5) is 23.2 Å². The van der Waals surface area contributed by atoms with Gasteiger partial charge in [0, 0.05) is 13.0 Å². The summed E-state index contributed by atoms with van der Waals surface area (Å²) in [6.07, 6.45) is -5.85. The van der Waals surface area contributed by atoms with Gasteiger partial charge in [-0.2, -0.15) is 13.2 Å². The van der Waals surface area contributed by atoms with Crippen LogP contribution in [0.15, 0.2) is 23.1 Å². The van der Waals surface area contributed by atoms with Crippen LogP contribution in [0.3, 0.4) is 0 Å². The molecule has 19 heavy (non-hydrogen) atoms. The molecule has 0 unspecified atom stereocenters. The molecule has 0 saturated carbocycles. The monoisotopic (exact) mass is 300 g/mol. The molecule has 0 fully saturated rings. The minimum atomic E-state index is -4.34. The highest BCUT2D eigenvalue weighted by molar-refractivity contribution is 7.89. The summed E-state index contributed by atoms with van der Waals surface area (Å²) in [6, 6.07) is 3.21. The summed E-state index contributed by atoms with van der Waals surface area (Å²) in [7, 11) is -4.11. The van der Waals surface area contributed by atoms with E-state index in [9.17, 15) is 26.0 Å². The van der Waals surface area contributed by atoms with Crippen LogP contribution >= 0.6 is 0 Å². The number of anilines is 1. The molecule has 0 heterocycles. The maximum atomic E-state index is 13.1. The Hall–Kier alpha value is -1.35. The van der Waals surface area contributed by atoms with Crippen molar-refractivity contribution in [1.82, 2.24) is 4.72 Å². The zero-order valence-electron chi connectivity index (χ0n) is 9.67. The van der Waals surface area contributed by atoms with E-state index in [-0.39, 0.29) is 0 Å². The van der Waals surface area contributed by atoms with Crippen molar-refractivity contribution >= 4 is 15.7 Å². The van der Waals surface area contributed by atoms with E-state index in [1.165, 1.54) is 0 Å². The highest BCUT2D eigenvalue weighted by Gasteiger charge is 2.26. The summed E-state index contributed by atoms with van der Waals surface area (Å²) >= 11 is 0. The molecule has 0 amide bonds. The number of nitrogens with one attached hydrogen (secondary N) is 1. The lowest BCUT2D eigenvalue weighted by atomic mass is 10.3. The second-order valence-electron chi connectivity index (χ2n) is 3.77. The zero-order chi connectivity index (χ0) is 14.7. The Labute approximate surface area is 107 Å². The molecule has 0 bridgehead atoms. The molecule has 0 radical (unpaired) electrons. The van der Waals surface area contributed by atoms with Gasteiger partial charge in [-0.15, -0.1) is 0 Å². The number of para-hydroxylation sites is 1. The summed E-state index contributed by atoms with van der Waals surface area (Å²) in [5.74, 6) is -0.904. The summed E-state index contributed by atoms with van der Waals surface area (Å²) < 4.78 is 74.0. The molecule has 0 spiro atoms. The molecule has 0 saturated heterocycles. The smallest absolute Gasteiger partial charge is 0.389 e. The lowest BCUT2D eigenvalue weighted by Crippen LogP contribution is -2.26. The van der Waals surface area contributed by atoms with Crippen molar-refractivity contribution in [2.75, 3.05) is 12.3 Å². The average Bonchev–Trinajstić information content (AvgIpc) is 2.27. The van der Waals surface area contributed by atoms with E-state index in [1.807, 2.05) is 4.72 Å². The second-order valence-corrected chi connectivity index (χ2v) is 5.50. The molecular formula is C10H12F4N2O2S. The number of halogens is 4. The van der Waals surface area contributed by atoms with Crippen LogP contribution in [0.1, 0.15) is 12.8 Å². The Morgan fingerprint density at radius 1 is 1.26 bits per heavy atom. The number of rotatable bonds is 5. The van der Waals surface area contributed by atoms with Crippen molar-refractivity contribution in [2.24, 2.45) is 0 Å². The van der Waals surface area contributed by atoms with Crippen LogP contribution in [-0.2, 0) is 10.0 Å². The Bertz CT molecular complexity index is 543. The predicted octanol–water partition coefficient (Wildman–Crippen LogP) is 2.03. The first-order valence-electron chi connectivity index (χ1n) is 5.24. The van der Waals surface area contributed by atoms with Gasteiger partial charge < -0.3 is 5.73 Å². The maximum Gasteiger partial charge on any atom is 0.389 e. The largest absolute Gasteiger partial charge is 0.395 e. The van der Waals surface area contributed by atoms with Crippen LogP contribution in [0.2, 0.25) is 0 Å². The fourth-order valence-electron chi connectivity index (χ4n) is 1.32. The highest BCUT2D eigenvalue weighted by atomic mass is 32.2. The number of hydrogen-bond donors (Lipinski definition) is 2. The number of nitrogens with two attached hydrogens (primary N) is 1. The SMILES string of the molecule is Nc1c(F)cccc1S(=O)(=O)NCCCC(F)(F)F. The standard InChI is InChI=1S/C10H12F4N2O2S/c11-7-3-1-4-8(9(7)15)19(17,18)16-6-2-5-10(12,13)14/h1,3-4,16H,2,5-6,15H2. The first kappa shape index (κ1) is 15.7. The topological polar surface area (TPSA) is 72.2 Å². The van der Waals surface area contributed by atoms with Gasteiger partial charge in [0.15, 0.2) is 0 Å². The van der Waals surface area contributed by atoms with Gasteiger partial charge >= 0.3 is 6.18 Å². The Kier molecular flexibility index (Phi) is 4.75. The molecule has 1 aromatic rings. The van der Waals surface area contributed by atoms with Gasteiger partial charge in [0.1, 0.15) is 10.7 Å². The molecule has 0 aliphatic carbocycles. The minimum absolute atomic E-state index is 0.405. The van der Waals surface area contributed by atoms with Crippen LogP contribution < -0.4 is 10.5 Å². The summed E-state index contributed by atoms with van der Waals surface area (Å²) in [4.78, 5) is -0.487. The molecular weight excluding hydrogens is 288 g/mol. The third kappa shape index (κ3) is 4.67. The number of alkyl halides is 3. The van der Waals surface area contributed by atoms with Crippen molar-refractivity contribution < 1.29 is 26.0 Å². The first-order valence-corrected chi connectivity index (χ1v) is 6.72. The first-order chi connectivity index (χ1) is 8.63. The molecule has 0 aliphatic heterocycles. The van der Waals surface area contributed by atoms with Crippen molar-refractivity contribution in [3.8, 4) is 0 Å². The van der Waals surface area contributed by atoms with Gasteiger partial charge in [-0.3, -0.25) is 0 Å². The van der Waals surface area contributed by atoms with Gasteiger partial charge in [0.05, 0.1) is 5.69 Å². The quantitative estimate of drug-likeness (QED) is 0.496. The molecule has 108 valence electrons. The normalized spacial score (nSPS) is 12.6. The van der Waals surface area contributed by atoms with E-state index >= 15 is 0 Å². The van der Waals surface area contributed by atoms with Gasteiger partial charge in [0.2, 0.25) is 10.0 Å². The molecule has 9 heteroatoms. The van der Waals surface area contributed by atoms with E-state index in [1.54, 1.807) is 0 Å². The summed E-state index contributed by atoms with van der Waals surface area (Å²) in [6.45, 7) is -0.405. The van der Waals surface area contributed by atoms with E-state index in [2.05, 4.69) is 0 Å². The number of hydrogen-bond acceptors (Lipinski definition) is 3. The van der Waals surface area contributed by atoms with Crippen LogP contribution in [-0.4, -0.2) is 21.1 Å². The average molecular weight is 300 g/mol. The lowest BCUT2D eigenvalue weighted by molar-refractivity contribution is -0.135. The molecule has 1 aromatic carbocycles. The predicted molar refractivity (Wildman–Crippen MR) is 61.3 cm³/mol. The van der Waals surface area contributed by atoms with E-state index in [0.717, 1.165) is 18.2 Å². The molecule has 1 rings (SSSR count). The van der Waals surface area contributed by atoms with Gasteiger partial charge in [0.25, 0.3) is 0 Å². The highest BCUT2D eigenvalue weighted by Crippen LogP contribution is 2.22. The Morgan fingerprint density at radius 3 is 2.47 bits per heavy atom. The lowest BCUT2D eigenvalue weighted by Gasteiger charge is -2.10. The minimum Gasteiger partial charge on any atom is -0.395 e. The van der Waals surface area contributed by atoms with Crippen LogP contribution in [0.5, 0.6) is 0 Å². The van der Waals surface area contributed by atoms with Crippen LogP contribution in [0, 0.1) is 5.82 Å². The Balaban J connectivity index is 2.69. The summed E-state index contributed by atoms with van der Waals surface area (Å²) in [5, 5.41) is 0. The van der Waals surface area contributed by atoms with E-state index < -0.39 is 52.0 Å². The van der Waals surface area contributed by atoms with Gasteiger partial charge in [-0.05, 0) is 18.6 Å². The summed E-state index contributed by atoms with van der Waals surface area (Å²) in [5.41, 5.74) is 4.70. The molecule has 3 N–H and O–H groups in total. The molecule has 0 atom stereocenters. The fraction of sp³-hybridized carbons (Fsp3) is 0.400.